The van der Waals surface area contributed by atoms with E-state index in [0.717, 1.165) is 31.7 Å². The molecule has 2 heterocycles. The van der Waals surface area contributed by atoms with Gasteiger partial charge in [0.25, 0.3) is 0 Å². The number of carbonyl (C=O) groups is 1. The third kappa shape index (κ3) is 6.17. The molecule has 0 aromatic heterocycles. The number of aliphatic hydroxyl groups is 1. The number of hydrogen-bond donors (Lipinski definition) is 2. The van der Waals surface area contributed by atoms with E-state index >= 15 is 0 Å². The number of piperidine rings is 1. The molecule has 0 saturated carbocycles. The van der Waals surface area contributed by atoms with Gasteiger partial charge >= 0.3 is 0 Å². The molecule has 2 fully saturated rings. The minimum Gasteiger partial charge on any atom is -0.491 e. The van der Waals surface area contributed by atoms with Crippen molar-refractivity contribution in [3.63, 3.8) is 0 Å². The maximum Gasteiger partial charge on any atom is 0.217 e. The van der Waals surface area contributed by atoms with Gasteiger partial charge in [0, 0.05) is 26.1 Å². The fraction of sp³-hybridized carbons (Fsp3) is 0.696. The standard InChI is InChI=1S/C23H36N2O5/c1-4-28-12-13-29-19-9-7-18(8-10-19)15-25-11-5-6-21-20(25)14-23(3,27)22(16-30-21)24-17(2)26/h7-10,20-22,27H,4-6,11-16H2,1-3H3,(H,24,26)/t20-,21-,22-,23-/m1/s1. The van der Waals surface area contributed by atoms with Crippen LogP contribution in [-0.2, 0) is 20.8 Å². The van der Waals surface area contributed by atoms with Gasteiger partial charge in [-0.25, -0.2) is 0 Å². The topological polar surface area (TPSA) is 80.3 Å². The number of carbonyl (C=O) groups excluding carboxylic acids is 1. The molecule has 1 aromatic carbocycles. The minimum absolute atomic E-state index is 0.0742. The molecule has 0 unspecified atom stereocenters. The van der Waals surface area contributed by atoms with E-state index in [0.29, 0.717) is 32.8 Å². The molecule has 3 rings (SSSR count). The van der Waals surface area contributed by atoms with E-state index in [2.05, 4.69) is 22.3 Å². The molecule has 1 aromatic rings. The zero-order valence-corrected chi connectivity index (χ0v) is 18.4. The SMILES string of the molecule is CCOCCOc1ccc(CN2CCC[C@H]3OC[C@@H](NC(C)=O)[C@](C)(O)C[C@H]32)cc1. The monoisotopic (exact) mass is 420 g/mol. The molecular formula is C23H36N2O5. The number of nitrogens with zero attached hydrogens (tertiary/aromatic N) is 1. The Balaban J connectivity index is 1.62. The van der Waals surface area contributed by atoms with Crippen molar-refractivity contribution < 1.29 is 24.1 Å². The molecule has 2 aliphatic heterocycles. The Morgan fingerprint density at radius 3 is 2.80 bits per heavy atom. The van der Waals surface area contributed by atoms with Crippen molar-refractivity contribution in [3.05, 3.63) is 29.8 Å². The van der Waals surface area contributed by atoms with Gasteiger partial charge in [0.05, 0.1) is 31.0 Å². The number of fused-ring (bicyclic) bond motifs is 1. The first kappa shape index (κ1) is 23.0. The molecule has 4 atom stereocenters. The highest BCUT2D eigenvalue weighted by atomic mass is 16.5. The lowest BCUT2D eigenvalue weighted by atomic mass is 9.85. The maximum atomic E-state index is 11.6. The minimum atomic E-state index is -1.01. The molecule has 2 N–H and O–H groups in total. The average molecular weight is 421 g/mol. The highest BCUT2D eigenvalue weighted by molar-refractivity contribution is 5.73. The van der Waals surface area contributed by atoms with Gasteiger partial charge in [-0.3, -0.25) is 9.69 Å². The van der Waals surface area contributed by atoms with Crippen LogP contribution in [0.15, 0.2) is 24.3 Å². The van der Waals surface area contributed by atoms with Crippen molar-refractivity contribution in [3.8, 4) is 5.75 Å². The summed E-state index contributed by atoms with van der Waals surface area (Å²) in [4.78, 5) is 14.0. The van der Waals surface area contributed by atoms with Crippen molar-refractivity contribution in [1.82, 2.24) is 10.2 Å². The van der Waals surface area contributed by atoms with Gasteiger partial charge in [0.1, 0.15) is 12.4 Å². The molecule has 7 nitrogen and oxygen atoms in total. The smallest absolute Gasteiger partial charge is 0.217 e. The molecule has 30 heavy (non-hydrogen) atoms. The maximum absolute atomic E-state index is 11.6. The molecule has 0 radical (unpaired) electrons. The number of hydrogen-bond acceptors (Lipinski definition) is 6. The number of amides is 1. The van der Waals surface area contributed by atoms with Crippen LogP contribution in [0.25, 0.3) is 0 Å². The Morgan fingerprint density at radius 1 is 1.33 bits per heavy atom. The van der Waals surface area contributed by atoms with Crippen molar-refractivity contribution >= 4 is 5.91 Å². The fourth-order valence-corrected chi connectivity index (χ4v) is 4.44. The predicted octanol–water partition coefficient (Wildman–Crippen LogP) is 2.11. The summed E-state index contributed by atoms with van der Waals surface area (Å²) in [7, 11) is 0. The van der Waals surface area contributed by atoms with E-state index in [9.17, 15) is 9.90 Å². The van der Waals surface area contributed by atoms with Crippen LogP contribution >= 0.6 is 0 Å². The van der Waals surface area contributed by atoms with Crippen molar-refractivity contribution in [2.45, 2.75) is 70.4 Å². The van der Waals surface area contributed by atoms with Crippen LogP contribution in [0.3, 0.4) is 0 Å². The van der Waals surface area contributed by atoms with Crippen LogP contribution in [0.5, 0.6) is 5.75 Å². The van der Waals surface area contributed by atoms with Crippen LogP contribution in [-0.4, -0.2) is 72.7 Å². The number of rotatable bonds is 8. The van der Waals surface area contributed by atoms with Gasteiger partial charge in [-0.2, -0.15) is 0 Å². The third-order valence-electron chi connectivity index (χ3n) is 6.07. The summed E-state index contributed by atoms with van der Waals surface area (Å²) < 4.78 is 17.2. The first-order valence-electron chi connectivity index (χ1n) is 11.0. The van der Waals surface area contributed by atoms with Gasteiger partial charge in [-0.15, -0.1) is 0 Å². The molecule has 2 saturated heterocycles. The van der Waals surface area contributed by atoms with Crippen molar-refractivity contribution in [2.24, 2.45) is 0 Å². The van der Waals surface area contributed by atoms with Crippen molar-refractivity contribution in [1.29, 1.82) is 0 Å². The van der Waals surface area contributed by atoms with Crippen LogP contribution in [0.4, 0.5) is 0 Å². The fourth-order valence-electron chi connectivity index (χ4n) is 4.44. The lowest BCUT2D eigenvalue weighted by molar-refractivity contribution is -0.122. The highest BCUT2D eigenvalue weighted by Gasteiger charge is 2.44. The Morgan fingerprint density at radius 2 is 2.10 bits per heavy atom. The van der Waals surface area contributed by atoms with Crippen LogP contribution in [0.2, 0.25) is 0 Å². The second kappa shape index (κ2) is 10.6. The zero-order valence-electron chi connectivity index (χ0n) is 18.4. The lowest BCUT2D eigenvalue weighted by Gasteiger charge is -2.42. The summed E-state index contributed by atoms with van der Waals surface area (Å²) in [5.41, 5.74) is 0.189. The molecule has 0 spiro atoms. The van der Waals surface area contributed by atoms with Crippen LogP contribution in [0, 0.1) is 0 Å². The summed E-state index contributed by atoms with van der Waals surface area (Å²) >= 11 is 0. The van der Waals surface area contributed by atoms with E-state index in [4.69, 9.17) is 14.2 Å². The lowest BCUT2D eigenvalue weighted by Crippen LogP contribution is -2.55. The molecule has 168 valence electrons. The number of ether oxygens (including phenoxy) is 3. The summed E-state index contributed by atoms with van der Waals surface area (Å²) in [5, 5.41) is 14.0. The van der Waals surface area contributed by atoms with Gasteiger partial charge in [-0.1, -0.05) is 12.1 Å². The second-order valence-corrected chi connectivity index (χ2v) is 8.56. The summed E-state index contributed by atoms with van der Waals surface area (Å²) in [6.45, 7) is 9.20. The zero-order chi connectivity index (χ0) is 21.6. The number of likely N-dealkylation sites (tertiary alicyclic amines) is 1. The van der Waals surface area contributed by atoms with Gasteiger partial charge in [0.2, 0.25) is 5.91 Å². The Hall–Kier alpha value is -1.67. The predicted molar refractivity (Wildman–Crippen MR) is 114 cm³/mol. The first-order chi connectivity index (χ1) is 14.4. The van der Waals surface area contributed by atoms with E-state index < -0.39 is 11.6 Å². The largest absolute Gasteiger partial charge is 0.491 e. The Bertz CT molecular complexity index is 679. The molecule has 2 aliphatic rings. The second-order valence-electron chi connectivity index (χ2n) is 8.56. The average Bonchev–Trinajstić information content (AvgIpc) is 2.83. The Labute approximate surface area is 179 Å². The molecule has 7 heteroatoms. The summed E-state index contributed by atoms with van der Waals surface area (Å²) in [5.74, 6) is 0.697. The molecular weight excluding hydrogens is 384 g/mol. The van der Waals surface area contributed by atoms with Gasteiger partial charge < -0.3 is 24.6 Å². The quantitative estimate of drug-likeness (QED) is 0.627. The van der Waals surface area contributed by atoms with Crippen LogP contribution in [0.1, 0.15) is 45.6 Å². The Kier molecular flexibility index (Phi) is 8.11. The number of benzene rings is 1. The molecule has 1 amide bonds. The molecule has 0 aliphatic carbocycles. The van der Waals surface area contributed by atoms with E-state index in [1.54, 1.807) is 6.92 Å². The summed E-state index contributed by atoms with van der Waals surface area (Å²) in [6.07, 6.45) is 2.69. The van der Waals surface area contributed by atoms with Crippen molar-refractivity contribution in [2.75, 3.05) is 33.0 Å². The number of nitrogens with one attached hydrogen (secondary N) is 1. The van der Waals surface area contributed by atoms with Crippen LogP contribution < -0.4 is 10.1 Å². The van der Waals surface area contributed by atoms with Gasteiger partial charge in [-0.05, 0) is 57.4 Å². The van der Waals surface area contributed by atoms with Gasteiger partial charge in [0.15, 0.2) is 0 Å². The first-order valence-corrected chi connectivity index (χ1v) is 11.0. The third-order valence-corrected chi connectivity index (χ3v) is 6.07. The van der Waals surface area contributed by atoms with E-state index in [1.165, 1.54) is 12.5 Å². The van der Waals surface area contributed by atoms with E-state index in [-0.39, 0.29) is 18.1 Å². The highest BCUT2D eigenvalue weighted by Crippen LogP contribution is 2.33. The van der Waals surface area contributed by atoms with E-state index in [1.807, 2.05) is 19.1 Å². The summed E-state index contributed by atoms with van der Waals surface area (Å²) in [6, 6.07) is 7.90. The molecule has 0 bridgehead atoms. The normalized spacial score (nSPS) is 29.7.